The Hall–Kier alpha value is -0.930. The normalized spacial score (nSPS) is 11.4. The molecule has 1 rings (SSSR count). The third kappa shape index (κ3) is 4.29. The van der Waals surface area contributed by atoms with Gasteiger partial charge in [0.05, 0.1) is 17.6 Å². The molecule has 1 heterocycles. The quantitative estimate of drug-likeness (QED) is 0.641. The summed E-state index contributed by atoms with van der Waals surface area (Å²) in [6, 6.07) is 0. The molecule has 1 aromatic heterocycles. The summed E-state index contributed by atoms with van der Waals surface area (Å²) in [5.41, 5.74) is 0.162. The molecule has 90 valence electrons. The van der Waals surface area contributed by atoms with Gasteiger partial charge in [-0.3, -0.25) is 4.79 Å². The number of nitrogens with two attached hydrogens (primary N) is 1. The Morgan fingerprint density at radius 1 is 1.56 bits per heavy atom. The van der Waals surface area contributed by atoms with E-state index in [0.29, 0.717) is 23.1 Å². The number of primary sulfonamides is 1. The van der Waals surface area contributed by atoms with Gasteiger partial charge < -0.3 is 5.32 Å². The van der Waals surface area contributed by atoms with E-state index in [-0.39, 0.29) is 11.3 Å². The summed E-state index contributed by atoms with van der Waals surface area (Å²) in [5.74, 6) is -0.103. The molecule has 0 saturated heterocycles. The molecule has 0 unspecified atom stereocenters. The van der Waals surface area contributed by atoms with Crippen molar-refractivity contribution in [3.05, 3.63) is 21.0 Å². The van der Waals surface area contributed by atoms with Gasteiger partial charge in [-0.15, -0.1) is 0 Å². The number of rotatable bonds is 5. The lowest BCUT2D eigenvalue weighted by Crippen LogP contribution is -2.19. The first-order valence-corrected chi connectivity index (χ1v) is 6.88. The topological polar surface area (TPSA) is 118 Å². The van der Waals surface area contributed by atoms with Crippen LogP contribution in [0.1, 0.15) is 6.42 Å². The summed E-state index contributed by atoms with van der Waals surface area (Å²) in [6.45, 7) is 0.389. The predicted octanol–water partition coefficient (Wildman–Crippen LogP) is -0.377. The second-order valence-electron chi connectivity index (χ2n) is 3.07. The van der Waals surface area contributed by atoms with E-state index in [9.17, 15) is 13.2 Å². The van der Waals surface area contributed by atoms with Crippen LogP contribution in [0.4, 0.5) is 5.69 Å². The molecular weight excluding hydrogens is 300 g/mol. The molecular formula is C7H11BrN4O3S. The second kappa shape index (κ2) is 5.41. The van der Waals surface area contributed by atoms with Gasteiger partial charge in [-0.25, -0.2) is 18.7 Å². The number of hydrogen-bond donors (Lipinski definition) is 3. The highest BCUT2D eigenvalue weighted by molar-refractivity contribution is 9.10. The lowest BCUT2D eigenvalue weighted by molar-refractivity contribution is 0.596. The monoisotopic (exact) mass is 310 g/mol. The molecule has 7 nitrogen and oxygen atoms in total. The fourth-order valence-corrected chi connectivity index (χ4v) is 1.88. The number of H-pyrrole nitrogens is 1. The van der Waals surface area contributed by atoms with Crippen LogP contribution in [-0.2, 0) is 10.0 Å². The minimum absolute atomic E-state index is 0.103. The molecule has 0 aliphatic carbocycles. The molecule has 0 atom stereocenters. The third-order valence-electron chi connectivity index (χ3n) is 1.72. The van der Waals surface area contributed by atoms with Crippen molar-refractivity contribution in [3.8, 4) is 0 Å². The van der Waals surface area contributed by atoms with Gasteiger partial charge in [0.2, 0.25) is 10.0 Å². The maximum atomic E-state index is 11.1. The number of aromatic amines is 1. The Morgan fingerprint density at radius 3 is 2.88 bits per heavy atom. The van der Waals surface area contributed by atoms with Crippen molar-refractivity contribution in [1.29, 1.82) is 0 Å². The first-order valence-electron chi connectivity index (χ1n) is 4.37. The average molecular weight is 311 g/mol. The van der Waals surface area contributed by atoms with Gasteiger partial charge >= 0.3 is 0 Å². The van der Waals surface area contributed by atoms with Crippen molar-refractivity contribution in [2.45, 2.75) is 6.42 Å². The van der Waals surface area contributed by atoms with Crippen LogP contribution in [0.25, 0.3) is 0 Å². The standard InChI is InChI=1S/C7H11BrN4O3S/c8-6-5(4-11-12-7(6)13)10-2-1-3-16(9,14)15/h4H,1-3H2,(H2,9,14,15)(H2,10,12,13). The highest BCUT2D eigenvalue weighted by atomic mass is 79.9. The van der Waals surface area contributed by atoms with Gasteiger partial charge in [-0.2, -0.15) is 5.10 Å². The van der Waals surface area contributed by atoms with Crippen LogP contribution < -0.4 is 16.0 Å². The number of aromatic nitrogens is 2. The summed E-state index contributed by atoms with van der Waals surface area (Å²) in [5, 5.41) is 13.6. The Bertz CT molecular complexity index is 513. The van der Waals surface area contributed by atoms with E-state index in [1.807, 2.05) is 0 Å². The molecule has 0 amide bonds. The maximum Gasteiger partial charge on any atom is 0.280 e. The zero-order chi connectivity index (χ0) is 12.2. The zero-order valence-electron chi connectivity index (χ0n) is 8.23. The van der Waals surface area contributed by atoms with Crippen LogP contribution in [0.15, 0.2) is 15.5 Å². The van der Waals surface area contributed by atoms with E-state index >= 15 is 0 Å². The number of nitrogens with one attached hydrogen (secondary N) is 2. The molecule has 0 aliphatic rings. The van der Waals surface area contributed by atoms with Crippen LogP contribution in [0.3, 0.4) is 0 Å². The van der Waals surface area contributed by atoms with E-state index < -0.39 is 10.0 Å². The number of nitrogens with zero attached hydrogens (tertiary/aromatic N) is 1. The first-order chi connectivity index (χ1) is 7.40. The van der Waals surface area contributed by atoms with Crippen molar-refractivity contribution in [2.75, 3.05) is 17.6 Å². The highest BCUT2D eigenvalue weighted by Gasteiger charge is 2.05. The summed E-state index contributed by atoms with van der Waals surface area (Å²) in [7, 11) is -3.43. The number of halogens is 1. The number of hydrogen-bond acceptors (Lipinski definition) is 5. The largest absolute Gasteiger partial charge is 0.383 e. The summed E-state index contributed by atoms with van der Waals surface area (Å²) >= 11 is 3.08. The minimum Gasteiger partial charge on any atom is -0.383 e. The van der Waals surface area contributed by atoms with Gasteiger partial charge in [0.1, 0.15) is 4.47 Å². The Morgan fingerprint density at radius 2 is 2.25 bits per heavy atom. The summed E-state index contributed by atoms with van der Waals surface area (Å²) in [6.07, 6.45) is 1.79. The van der Waals surface area contributed by atoms with Crippen molar-refractivity contribution < 1.29 is 8.42 Å². The molecule has 4 N–H and O–H groups in total. The molecule has 0 bridgehead atoms. The van der Waals surface area contributed by atoms with E-state index in [0.717, 1.165) is 0 Å². The predicted molar refractivity (Wildman–Crippen MR) is 63.6 cm³/mol. The fraction of sp³-hybridized carbons (Fsp3) is 0.429. The highest BCUT2D eigenvalue weighted by Crippen LogP contribution is 2.14. The molecule has 9 heteroatoms. The van der Waals surface area contributed by atoms with E-state index in [1.165, 1.54) is 6.20 Å². The third-order valence-corrected chi connectivity index (χ3v) is 3.36. The van der Waals surface area contributed by atoms with Crippen molar-refractivity contribution in [1.82, 2.24) is 10.2 Å². The second-order valence-corrected chi connectivity index (χ2v) is 5.60. The maximum absolute atomic E-state index is 11.1. The molecule has 0 radical (unpaired) electrons. The van der Waals surface area contributed by atoms with E-state index in [4.69, 9.17) is 5.14 Å². The first kappa shape index (κ1) is 13.1. The number of anilines is 1. The lowest BCUT2D eigenvalue weighted by atomic mass is 10.4. The molecule has 1 aromatic rings. The fourth-order valence-electron chi connectivity index (χ4n) is 1.00. The average Bonchev–Trinajstić information content (AvgIpc) is 2.17. The summed E-state index contributed by atoms with van der Waals surface area (Å²) < 4.78 is 21.6. The van der Waals surface area contributed by atoms with Crippen molar-refractivity contribution in [2.24, 2.45) is 5.14 Å². The van der Waals surface area contributed by atoms with Crippen molar-refractivity contribution >= 4 is 31.6 Å². The van der Waals surface area contributed by atoms with Crippen LogP contribution >= 0.6 is 15.9 Å². The number of sulfonamides is 1. The van der Waals surface area contributed by atoms with Gasteiger partial charge in [0, 0.05) is 6.54 Å². The van der Waals surface area contributed by atoms with Crippen LogP contribution in [0.5, 0.6) is 0 Å². The van der Waals surface area contributed by atoms with Gasteiger partial charge in [-0.1, -0.05) is 0 Å². The summed E-state index contributed by atoms with van der Waals surface area (Å²) in [4.78, 5) is 11.1. The van der Waals surface area contributed by atoms with E-state index in [1.54, 1.807) is 0 Å². The van der Waals surface area contributed by atoms with Crippen LogP contribution in [0, 0.1) is 0 Å². The molecule has 0 fully saturated rings. The minimum atomic E-state index is -3.43. The van der Waals surface area contributed by atoms with Gasteiger partial charge in [-0.05, 0) is 22.4 Å². The van der Waals surface area contributed by atoms with E-state index in [2.05, 4.69) is 31.4 Å². The molecule has 0 spiro atoms. The van der Waals surface area contributed by atoms with Crippen LogP contribution in [-0.4, -0.2) is 30.9 Å². The SMILES string of the molecule is NS(=O)(=O)CCCNc1cn[nH]c(=O)c1Br. The Balaban J connectivity index is 2.50. The molecule has 16 heavy (non-hydrogen) atoms. The molecule has 0 saturated carbocycles. The molecule has 0 aliphatic heterocycles. The lowest BCUT2D eigenvalue weighted by Gasteiger charge is -2.06. The van der Waals surface area contributed by atoms with Crippen LogP contribution in [0.2, 0.25) is 0 Å². The van der Waals surface area contributed by atoms with Crippen molar-refractivity contribution in [3.63, 3.8) is 0 Å². The van der Waals surface area contributed by atoms with Gasteiger partial charge in [0.15, 0.2) is 0 Å². The Kier molecular flexibility index (Phi) is 4.44. The molecule has 0 aromatic carbocycles. The van der Waals surface area contributed by atoms with Gasteiger partial charge in [0.25, 0.3) is 5.56 Å². The Labute approximate surface area is 101 Å². The zero-order valence-corrected chi connectivity index (χ0v) is 10.6. The smallest absolute Gasteiger partial charge is 0.280 e.